The van der Waals surface area contributed by atoms with Crippen LogP contribution >= 0.6 is 0 Å². The molecular weight excluding hydrogens is 504 g/mol. The summed E-state index contributed by atoms with van der Waals surface area (Å²) < 4.78 is 0. The minimum Gasteiger partial charge on any atom is -0.390 e. The van der Waals surface area contributed by atoms with E-state index in [1.165, 1.54) is 22.6 Å². The summed E-state index contributed by atoms with van der Waals surface area (Å²) in [5.41, 5.74) is -2.52. The van der Waals surface area contributed by atoms with Gasteiger partial charge in [0.05, 0.1) is 25.3 Å². The Hall–Kier alpha value is -2.28. The fourth-order valence-corrected chi connectivity index (χ4v) is 6.19. The topological polar surface area (TPSA) is 128 Å². The number of carbonyl (C=O) groups excluding carboxylic acids is 4. The highest BCUT2D eigenvalue weighted by atomic mass is 16.3. The first kappa shape index (κ1) is 29.7. The number of amides is 6. The smallest absolute Gasteiger partial charge is 0.329 e. The largest absolute Gasteiger partial charge is 0.390 e. The summed E-state index contributed by atoms with van der Waals surface area (Å²) in [6, 6.07) is -1.19. The first-order valence-corrected chi connectivity index (χ1v) is 14.4. The molecule has 4 saturated heterocycles. The first-order valence-electron chi connectivity index (χ1n) is 14.4. The van der Waals surface area contributed by atoms with Crippen LogP contribution < -0.4 is 0 Å². The van der Waals surface area contributed by atoms with Gasteiger partial charge in [-0.05, 0) is 79.6 Å². The minimum absolute atomic E-state index is 0.126. The molecule has 0 bridgehead atoms. The number of imide groups is 2. The van der Waals surface area contributed by atoms with Crippen molar-refractivity contribution in [1.29, 1.82) is 0 Å². The Balaban J connectivity index is 1.41. The summed E-state index contributed by atoms with van der Waals surface area (Å²) in [5.74, 6) is -0.899. The maximum Gasteiger partial charge on any atom is 0.329 e. The molecule has 0 spiro atoms. The van der Waals surface area contributed by atoms with E-state index in [4.69, 9.17) is 0 Å². The van der Waals surface area contributed by atoms with Crippen LogP contribution in [0.5, 0.6) is 0 Å². The van der Waals surface area contributed by atoms with Crippen molar-refractivity contribution in [2.75, 3.05) is 59.0 Å². The van der Waals surface area contributed by atoms with Crippen LogP contribution in [0.2, 0.25) is 0 Å². The van der Waals surface area contributed by atoms with Crippen LogP contribution in [0.15, 0.2) is 0 Å². The number of hydrogen-bond donors (Lipinski definition) is 2. The van der Waals surface area contributed by atoms with Gasteiger partial charge in [-0.25, -0.2) is 9.59 Å². The van der Waals surface area contributed by atoms with Crippen molar-refractivity contribution < 1.29 is 29.4 Å². The van der Waals surface area contributed by atoms with Crippen LogP contribution in [-0.4, -0.2) is 146 Å². The molecule has 4 fully saturated rings. The molecule has 4 aliphatic heterocycles. The molecule has 0 aromatic rings. The SMILES string of the molecule is CC1(C)C(=O)N(CC(O)CN2CCCCC2)C(=O)N1CN1C(=O)N(CC(O)CN2CCCCC2)C(=O)C1(C)C. The van der Waals surface area contributed by atoms with Crippen LogP contribution in [0.25, 0.3) is 0 Å². The Morgan fingerprint density at radius 1 is 0.590 bits per heavy atom. The van der Waals surface area contributed by atoms with Crippen molar-refractivity contribution in [3.63, 3.8) is 0 Å². The molecule has 2 atom stereocenters. The van der Waals surface area contributed by atoms with Gasteiger partial charge in [-0.1, -0.05) is 12.8 Å². The van der Waals surface area contributed by atoms with Crippen LogP contribution in [-0.2, 0) is 9.59 Å². The van der Waals surface area contributed by atoms with Gasteiger partial charge in [0.1, 0.15) is 17.7 Å². The summed E-state index contributed by atoms with van der Waals surface area (Å²) in [6.45, 7) is 10.3. The maximum atomic E-state index is 13.5. The molecule has 12 heteroatoms. The Bertz CT molecular complexity index is 871. The Morgan fingerprint density at radius 2 is 0.923 bits per heavy atom. The molecule has 0 radical (unpaired) electrons. The number of hydrogen-bond acceptors (Lipinski definition) is 8. The quantitative estimate of drug-likeness (QED) is 0.381. The summed E-state index contributed by atoms with van der Waals surface area (Å²) in [5, 5.41) is 21.4. The Kier molecular flexibility index (Phi) is 8.89. The number of piperidine rings is 2. The predicted octanol–water partition coefficient (Wildman–Crippen LogP) is 0.723. The first-order chi connectivity index (χ1) is 18.3. The second-order valence-corrected chi connectivity index (χ2v) is 12.5. The number of β-amino-alcohol motifs (C(OH)–C–C–N with tert-alkyl or cyclic N) is 2. The molecule has 6 amide bonds. The van der Waals surface area contributed by atoms with Crippen molar-refractivity contribution in [3.05, 3.63) is 0 Å². The van der Waals surface area contributed by atoms with Gasteiger partial charge in [-0.2, -0.15) is 0 Å². The van der Waals surface area contributed by atoms with E-state index < -0.39 is 47.2 Å². The van der Waals surface area contributed by atoms with Gasteiger partial charge >= 0.3 is 12.1 Å². The van der Waals surface area contributed by atoms with E-state index in [2.05, 4.69) is 9.80 Å². The van der Waals surface area contributed by atoms with Crippen molar-refractivity contribution in [1.82, 2.24) is 29.4 Å². The highest BCUT2D eigenvalue weighted by Gasteiger charge is 2.57. The van der Waals surface area contributed by atoms with Gasteiger partial charge in [-0.3, -0.25) is 29.2 Å². The van der Waals surface area contributed by atoms with Crippen molar-refractivity contribution in [2.24, 2.45) is 0 Å². The molecule has 4 rings (SSSR count). The molecule has 4 heterocycles. The van der Waals surface area contributed by atoms with Gasteiger partial charge < -0.3 is 20.0 Å². The summed E-state index contributed by atoms with van der Waals surface area (Å²) in [7, 11) is 0. The van der Waals surface area contributed by atoms with Crippen LogP contribution in [0, 0.1) is 0 Å². The number of rotatable bonds is 10. The Morgan fingerprint density at radius 3 is 1.26 bits per heavy atom. The number of urea groups is 2. The normalized spacial score (nSPS) is 26.2. The molecule has 39 heavy (non-hydrogen) atoms. The fraction of sp³-hybridized carbons (Fsp3) is 0.852. The zero-order chi connectivity index (χ0) is 28.5. The lowest BCUT2D eigenvalue weighted by Crippen LogP contribution is -2.55. The van der Waals surface area contributed by atoms with Crippen LogP contribution in [0.4, 0.5) is 9.59 Å². The molecule has 220 valence electrons. The third-order valence-electron chi connectivity index (χ3n) is 8.72. The van der Waals surface area contributed by atoms with E-state index in [1.807, 2.05) is 0 Å². The molecular formula is C27H46N6O6. The molecule has 2 unspecified atom stereocenters. The van der Waals surface area contributed by atoms with Gasteiger partial charge in [0, 0.05) is 13.1 Å². The van der Waals surface area contributed by atoms with Crippen molar-refractivity contribution >= 4 is 23.9 Å². The standard InChI is InChI=1S/C27H46N6O6/c1-26(2)22(36)30(17-20(34)15-28-11-7-5-8-12-28)24(38)32(26)19-33-25(39)31(23(37)27(33,3)4)18-21(35)16-29-13-9-6-10-14-29/h20-21,34-35H,5-19H2,1-4H3. The second-order valence-electron chi connectivity index (χ2n) is 12.5. The second kappa shape index (κ2) is 11.7. The molecule has 2 N–H and O–H groups in total. The van der Waals surface area contributed by atoms with E-state index in [0.29, 0.717) is 13.1 Å². The highest BCUT2D eigenvalue weighted by molar-refractivity contribution is 6.08. The number of aliphatic hydroxyl groups is 2. The third kappa shape index (κ3) is 6.08. The van der Waals surface area contributed by atoms with Crippen molar-refractivity contribution in [2.45, 2.75) is 89.5 Å². The van der Waals surface area contributed by atoms with E-state index in [1.54, 1.807) is 27.7 Å². The van der Waals surface area contributed by atoms with E-state index in [-0.39, 0.29) is 19.8 Å². The monoisotopic (exact) mass is 550 g/mol. The molecule has 12 nitrogen and oxygen atoms in total. The van der Waals surface area contributed by atoms with E-state index in [9.17, 15) is 29.4 Å². The lowest BCUT2D eigenvalue weighted by atomic mass is 10.0. The van der Waals surface area contributed by atoms with Crippen molar-refractivity contribution in [3.8, 4) is 0 Å². The molecule has 0 aromatic heterocycles. The fourth-order valence-electron chi connectivity index (χ4n) is 6.19. The summed E-state index contributed by atoms with van der Waals surface area (Å²) in [4.78, 5) is 62.5. The lowest BCUT2D eigenvalue weighted by Gasteiger charge is -2.36. The zero-order valence-electron chi connectivity index (χ0n) is 24.0. The van der Waals surface area contributed by atoms with Crippen LogP contribution in [0.3, 0.4) is 0 Å². The lowest BCUT2D eigenvalue weighted by molar-refractivity contribution is -0.134. The van der Waals surface area contributed by atoms with Crippen LogP contribution in [0.1, 0.15) is 66.2 Å². The Labute approximate surface area is 231 Å². The number of likely N-dealkylation sites (tertiary alicyclic amines) is 2. The minimum atomic E-state index is -1.26. The summed E-state index contributed by atoms with van der Waals surface area (Å²) >= 11 is 0. The highest BCUT2D eigenvalue weighted by Crippen LogP contribution is 2.33. The number of nitrogens with zero attached hydrogens (tertiary/aromatic N) is 6. The van der Waals surface area contributed by atoms with Gasteiger partial charge in [0.15, 0.2) is 0 Å². The summed E-state index contributed by atoms with van der Waals surface area (Å²) in [6.07, 6.45) is 4.85. The molecule has 0 aliphatic carbocycles. The average Bonchev–Trinajstić information content (AvgIpc) is 3.14. The molecule has 0 saturated carbocycles. The van der Waals surface area contributed by atoms with Gasteiger partial charge in [0.2, 0.25) is 0 Å². The van der Waals surface area contributed by atoms with E-state index >= 15 is 0 Å². The number of aliphatic hydroxyl groups excluding tert-OH is 2. The molecule has 0 aromatic carbocycles. The maximum absolute atomic E-state index is 13.5. The third-order valence-corrected chi connectivity index (χ3v) is 8.72. The zero-order valence-corrected chi connectivity index (χ0v) is 24.0. The average molecular weight is 551 g/mol. The number of carbonyl (C=O) groups is 4. The van der Waals surface area contributed by atoms with Gasteiger partial charge in [0.25, 0.3) is 11.8 Å². The van der Waals surface area contributed by atoms with E-state index in [0.717, 1.165) is 61.7 Å². The predicted molar refractivity (Wildman–Crippen MR) is 144 cm³/mol. The molecule has 4 aliphatic rings. The van der Waals surface area contributed by atoms with Gasteiger partial charge in [-0.15, -0.1) is 0 Å².